The quantitative estimate of drug-likeness (QED) is 0.318. The fraction of sp³-hybridized carbons (Fsp3) is 0.500. The third-order valence-corrected chi connectivity index (χ3v) is 1.08. The molecule has 3 N–H and O–H groups in total. The van der Waals surface area contributed by atoms with Crippen molar-refractivity contribution in [2.24, 2.45) is 10.8 Å². The van der Waals surface area contributed by atoms with Crippen LogP contribution in [0.4, 0.5) is 0 Å². The van der Waals surface area contributed by atoms with Crippen LogP contribution in [-0.2, 0) is 9.59 Å². The Labute approximate surface area is 64.6 Å². The maximum atomic E-state index is 10.5. The van der Waals surface area contributed by atoms with Crippen molar-refractivity contribution in [1.82, 2.24) is 5.43 Å². The van der Waals surface area contributed by atoms with E-state index in [0.29, 0.717) is 0 Å². The van der Waals surface area contributed by atoms with E-state index in [1.54, 1.807) is 6.92 Å². The molecule has 5 nitrogen and oxygen atoms in total. The SMILES string of the molecule is CC/C(C)=N/NC(=O)C(N)=O. The molecule has 0 spiro atoms. The Bertz CT molecular complexity index is 198. The number of carbonyl (C=O) groups is 2. The van der Waals surface area contributed by atoms with Crippen LogP contribution >= 0.6 is 0 Å². The van der Waals surface area contributed by atoms with Gasteiger partial charge < -0.3 is 5.73 Å². The standard InChI is InChI=1S/C6H11N3O2/c1-3-4(2)8-9-6(11)5(7)10/h3H2,1-2H3,(H2,7,10)(H,9,11)/b8-4+. The Morgan fingerprint density at radius 1 is 1.55 bits per heavy atom. The van der Waals surface area contributed by atoms with E-state index >= 15 is 0 Å². The van der Waals surface area contributed by atoms with Crippen LogP contribution in [0.2, 0.25) is 0 Å². The van der Waals surface area contributed by atoms with E-state index < -0.39 is 11.8 Å². The smallest absolute Gasteiger partial charge is 0.329 e. The molecular formula is C6H11N3O2. The number of nitrogens with one attached hydrogen (secondary N) is 1. The molecular weight excluding hydrogens is 146 g/mol. The third kappa shape index (κ3) is 4.07. The first kappa shape index (κ1) is 9.61. The monoisotopic (exact) mass is 157 g/mol. The minimum absolute atomic E-state index is 0.721. The van der Waals surface area contributed by atoms with Gasteiger partial charge in [-0.25, -0.2) is 5.43 Å². The van der Waals surface area contributed by atoms with Gasteiger partial charge in [-0.05, 0) is 13.3 Å². The van der Waals surface area contributed by atoms with Crippen LogP contribution in [-0.4, -0.2) is 17.5 Å². The Balaban J connectivity index is 3.88. The first-order chi connectivity index (χ1) is 5.07. The summed E-state index contributed by atoms with van der Waals surface area (Å²) in [5.74, 6) is -1.92. The van der Waals surface area contributed by atoms with Gasteiger partial charge in [0, 0.05) is 5.71 Å². The van der Waals surface area contributed by atoms with Gasteiger partial charge in [-0.15, -0.1) is 0 Å². The summed E-state index contributed by atoms with van der Waals surface area (Å²) in [7, 11) is 0. The van der Waals surface area contributed by atoms with Gasteiger partial charge in [0.05, 0.1) is 0 Å². The summed E-state index contributed by atoms with van der Waals surface area (Å²) < 4.78 is 0. The van der Waals surface area contributed by atoms with Crippen molar-refractivity contribution < 1.29 is 9.59 Å². The molecule has 0 aromatic heterocycles. The van der Waals surface area contributed by atoms with E-state index in [9.17, 15) is 9.59 Å². The Morgan fingerprint density at radius 2 is 2.09 bits per heavy atom. The molecule has 0 bridgehead atoms. The van der Waals surface area contributed by atoms with E-state index in [-0.39, 0.29) is 0 Å². The normalized spacial score (nSPS) is 10.9. The Kier molecular flexibility index (Phi) is 3.87. The van der Waals surface area contributed by atoms with Crippen molar-refractivity contribution in [3.63, 3.8) is 0 Å². The predicted molar refractivity (Wildman–Crippen MR) is 40.7 cm³/mol. The molecule has 2 amide bonds. The van der Waals surface area contributed by atoms with E-state index in [4.69, 9.17) is 0 Å². The zero-order valence-corrected chi connectivity index (χ0v) is 6.55. The molecule has 0 aliphatic heterocycles. The van der Waals surface area contributed by atoms with Crippen molar-refractivity contribution in [2.45, 2.75) is 20.3 Å². The number of hydrazone groups is 1. The van der Waals surface area contributed by atoms with Crippen LogP contribution in [0, 0.1) is 0 Å². The van der Waals surface area contributed by atoms with Crippen molar-refractivity contribution in [1.29, 1.82) is 0 Å². The molecule has 0 aliphatic carbocycles. The van der Waals surface area contributed by atoms with Gasteiger partial charge >= 0.3 is 11.8 Å². The fourth-order valence-electron chi connectivity index (χ4n) is 0.280. The first-order valence-electron chi connectivity index (χ1n) is 3.20. The highest BCUT2D eigenvalue weighted by molar-refractivity contribution is 6.34. The van der Waals surface area contributed by atoms with Gasteiger partial charge in [0.25, 0.3) is 0 Å². The van der Waals surface area contributed by atoms with Crippen LogP contribution in [0.25, 0.3) is 0 Å². The molecule has 0 heterocycles. The van der Waals surface area contributed by atoms with Crippen molar-refractivity contribution in [2.75, 3.05) is 0 Å². The lowest BCUT2D eigenvalue weighted by Crippen LogP contribution is -2.33. The van der Waals surface area contributed by atoms with Crippen LogP contribution < -0.4 is 11.2 Å². The lowest BCUT2D eigenvalue weighted by molar-refractivity contribution is -0.137. The van der Waals surface area contributed by atoms with Gasteiger partial charge in [0.2, 0.25) is 0 Å². The average molecular weight is 157 g/mol. The number of nitrogens with zero attached hydrogens (tertiary/aromatic N) is 1. The molecule has 0 saturated carbocycles. The number of primary amides is 1. The summed E-state index contributed by atoms with van der Waals surface area (Å²) in [5, 5.41) is 3.58. The maximum Gasteiger partial charge on any atom is 0.329 e. The zero-order valence-electron chi connectivity index (χ0n) is 6.55. The number of nitrogens with two attached hydrogens (primary N) is 1. The Morgan fingerprint density at radius 3 is 2.45 bits per heavy atom. The van der Waals surface area contributed by atoms with Gasteiger partial charge in [-0.3, -0.25) is 9.59 Å². The second kappa shape index (κ2) is 4.43. The summed E-state index contributed by atoms with van der Waals surface area (Å²) in [6, 6.07) is 0. The van der Waals surface area contributed by atoms with E-state index in [2.05, 4.69) is 10.8 Å². The number of hydrogen-bond donors (Lipinski definition) is 2. The van der Waals surface area contributed by atoms with Crippen molar-refractivity contribution in [3.05, 3.63) is 0 Å². The van der Waals surface area contributed by atoms with E-state index in [0.717, 1.165) is 12.1 Å². The van der Waals surface area contributed by atoms with Crippen LogP contribution in [0.15, 0.2) is 5.10 Å². The molecule has 0 radical (unpaired) electrons. The van der Waals surface area contributed by atoms with Crippen LogP contribution in [0.3, 0.4) is 0 Å². The molecule has 0 saturated heterocycles. The molecule has 0 aliphatic rings. The third-order valence-electron chi connectivity index (χ3n) is 1.08. The van der Waals surface area contributed by atoms with Gasteiger partial charge in [0.15, 0.2) is 0 Å². The highest BCUT2D eigenvalue weighted by Crippen LogP contribution is 1.80. The molecule has 0 atom stereocenters. The van der Waals surface area contributed by atoms with E-state index in [1.807, 2.05) is 12.3 Å². The first-order valence-corrected chi connectivity index (χ1v) is 3.20. The average Bonchev–Trinajstić information content (AvgIpc) is 1.99. The number of amides is 2. The lowest BCUT2D eigenvalue weighted by atomic mass is 10.3. The van der Waals surface area contributed by atoms with Crippen LogP contribution in [0.5, 0.6) is 0 Å². The molecule has 11 heavy (non-hydrogen) atoms. The molecule has 0 fully saturated rings. The summed E-state index contributed by atoms with van der Waals surface area (Å²) in [6.07, 6.45) is 0.721. The van der Waals surface area contributed by atoms with Crippen molar-refractivity contribution >= 4 is 17.5 Å². The zero-order chi connectivity index (χ0) is 8.85. The molecule has 0 aromatic carbocycles. The molecule has 0 rings (SSSR count). The Hall–Kier alpha value is -1.39. The van der Waals surface area contributed by atoms with Gasteiger partial charge in [-0.2, -0.15) is 5.10 Å². The largest absolute Gasteiger partial charge is 0.361 e. The minimum atomic E-state index is -1.03. The molecule has 0 aromatic rings. The summed E-state index contributed by atoms with van der Waals surface area (Å²) in [5.41, 5.74) is 7.39. The molecule has 62 valence electrons. The maximum absolute atomic E-state index is 10.5. The van der Waals surface area contributed by atoms with Crippen molar-refractivity contribution in [3.8, 4) is 0 Å². The summed E-state index contributed by atoms with van der Waals surface area (Å²) in [4.78, 5) is 20.6. The number of hydrogen-bond acceptors (Lipinski definition) is 3. The molecule has 0 unspecified atom stereocenters. The highest BCUT2D eigenvalue weighted by Gasteiger charge is 2.05. The molecule has 5 heteroatoms. The van der Waals surface area contributed by atoms with Gasteiger partial charge in [0.1, 0.15) is 0 Å². The second-order valence-corrected chi connectivity index (χ2v) is 2.01. The fourth-order valence-corrected chi connectivity index (χ4v) is 0.280. The second-order valence-electron chi connectivity index (χ2n) is 2.01. The van der Waals surface area contributed by atoms with Gasteiger partial charge in [-0.1, -0.05) is 6.92 Å². The lowest BCUT2D eigenvalue weighted by Gasteiger charge is -1.95. The number of carbonyl (C=O) groups excluding carboxylic acids is 2. The summed E-state index contributed by atoms with van der Waals surface area (Å²) >= 11 is 0. The summed E-state index contributed by atoms with van der Waals surface area (Å²) in [6.45, 7) is 3.62. The predicted octanol–water partition coefficient (Wildman–Crippen LogP) is -0.626. The van der Waals surface area contributed by atoms with E-state index in [1.165, 1.54) is 0 Å². The topological polar surface area (TPSA) is 84.6 Å². The minimum Gasteiger partial charge on any atom is -0.361 e. The number of rotatable bonds is 2. The highest BCUT2D eigenvalue weighted by atomic mass is 16.2. The van der Waals surface area contributed by atoms with Crippen LogP contribution in [0.1, 0.15) is 20.3 Å².